The van der Waals surface area contributed by atoms with Crippen LogP contribution in [-0.2, 0) is 6.42 Å². The lowest BCUT2D eigenvalue weighted by atomic mass is 10.1. The molecule has 0 fully saturated rings. The number of H-pyrrole nitrogens is 2. The summed E-state index contributed by atoms with van der Waals surface area (Å²) >= 11 is 6.10. The molecule has 3 N–H and O–H groups in total. The van der Waals surface area contributed by atoms with Crippen LogP contribution < -0.4 is 24.5 Å². The molecule has 0 unspecified atom stereocenters. The molecule has 3 aromatic heterocycles. The van der Waals surface area contributed by atoms with Crippen molar-refractivity contribution in [2.24, 2.45) is 0 Å². The summed E-state index contributed by atoms with van der Waals surface area (Å²) in [5, 5.41) is 2.76. The number of nitrogens with zero attached hydrogens (tertiary/aromatic N) is 2. The number of hydrogen-bond donors (Lipinski definition) is 2. The highest BCUT2D eigenvalue weighted by Crippen LogP contribution is 2.35. The maximum atomic E-state index is 12.6. The number of ether oxygens (including phenoxy) is 3. The van der Waals surface area contributed by atoms with Gasteiger partial charge >= 0.3 is 11.6 Å². The Morgan fingerprint density at radius 3 is 2.58 bits per heavy atom. The van der Waals surface area contributed by atoms with Gasteiger partial charge < -0.3 is 18.6 Å². The molecule has 1 aromatic carbocycles. The smallest absolute Gasteiger partial charge is 0.309 e. The van der Waals surface area contributed by atoms with Crippen molar-refractivity contribution in [3.8, 4) is 17.2 Å². The summed E-state index contributed by atoms with van der Waals surface area (Å²) < 4.78 is 21.9. The fraction of sp³-hybridized carbons (Fsp3) is 0.200. The van der Waals surface area contributed by atoms with Gasteiger partial charge in [-0.2, -0.15) is 4.98 Å². The first-order valence-corrected chi connectivity index (χ1v) is 9.51. The Kier molecular flexibility index (Phi) is 5.63. The molecule has 3 heterocycles. The van der Waals surface area contributed by atoms with Gasteiger partial charge in [0.05, 0.1) is 21.3 Å². The van der Waals surface area contributed by atoms with E-state index in [1.54, 1.807) is 51.9 Å². The molecule has 0 bridgehead atoms. The van der Waals surface area contributed by atoms with E-state index in [0.29, 0.717) is 40.6 Å². The molecular weight excluding hydrogens is 426 g/mol. The van der Waals surface area contributed by atoms with Crippen LogP contribution in [0, 0.1) is 0 Å². The molecule has 10 nitrogen and oxygen atoms in total. The first-order valence-electron chi connectivity index (χ1n) is 9.13. The number of halogens is 1. The van der Waals surface area contributed by atoms with Gasteiger partial charge in [0.1, 0.15) is 23.0 Å². The number of fused-ring (bicyclic) bond motifs is 1. The van der Waals surface area contributed by atoms with E-state index in [4.69, 9.17) is 30.2 Å². The number of amides is 1. The molecule has 4 rings (SSSR count). The molecular formula is C20H19ClN5O5+. The molecule has 160 valence electrons. The fourth-order valence-electron chi connectivity index (χ4n) is 3.08. The van der Waals surface area contributed by atoms with Crippen molar-refractivity contribution in [2.75, 3.05) is 26.6 Å². The number of methoxy groups -OCH3 is 3. The number of nitrogens with one attached hydrogen (secondary N) is 3. The minimum atomic E-state index is -0.508. The Bertz CT molecular complexity index is 1230. The third-order valence-electron chi connectivity index (χ3n) is 4.57. The van der Waals surface area contributed by atoms with Gasteiger partial charge in [-0.1, -0.05) is 16.6 Å². The van der Waals surface area contributed by atoms with Crippen molar-refractivity contribution < 1.29 is 28.4 Å². The molecule has 1 amide bonds. The summed E-state index contributed by atoms with van der Waals surface area (Å²) in [5.41, 5.74) is 1.77. The van der Waals surface area contributed by atoms with Crippen LogP contribution in [-0.4, -0.2) is 42.2 Å². The number of hydrogen-bond acceptors (Lipinski definition) is 7. The number of furan rings is 1. The quantitative estimate of drug-likeness (QED) is 0.420. The Morgan fingerprint density at radius 2 is 1.90 bits per heavy atom. The van der Waals surface area contributed by atoms with Crippen LogP contribution in [0.15, 0.2) is 35.0 Å². The van der Waals surface area contributed by atoms with Crippen molar-refractivity contribution in [3.05, 3.63) is 52.8 Å². The Balaban J connectivity index is 1.55. The maximum Gasteiger partial charge on any atom is 0.309 e. The largest absolute Gasteiger partial charge is 0.496 e. The first-order chi connectivity index (χ1) is 15.0. The number of aromatic nitrogens is 4. The van der Waals surface area contributed by atoms with E-state index >= 15 is 0 Å². The summed E-state index contributed by atoms with van der Waals surface area (Å²) in [5.74, 6) is 1.95. The van der Waals surface area contributed by atoms with Gasteiger partial charge in [-0.15, -0.1) is 0 Å². The number of rotatable bonds is 7. The average molecular weight is 445 g/mol. The van der Waals surface area contributed by atoms with Crippen molar-refractivity contribution >= 4 is 34.6 Å². The lowest BCUT2D eigenvalue weighted by Crippen LogP contribution is -2.14. The van der Waals surface area contributed by atoms with Crippen LogP contribution in [0.1, 0.15) is 21.9 Å². The molecule has 0 saturated heterocycles. The van der Waals surface area contributed by atoms with Gasteiger partial charge in [-0.05, 0) is 12.1 Å². The molecule has 0 aliphatic rings. The van der Waals surface area contributed by atoms with Gasteiger partial charge in [0.25, 0.3) is 5.91 Å². The van der Waals surface area contributed by atoms with Crippen LogP contribution in [0.25, 0.3) is 11.2 Å². The van der Waals surface area contributed by atoms with E-state index in [9.17, 15) is 4.79 Å². The summed E-state index contributed by atoms with van der Waals surface area (Å²) in [6.45, 7) is 0. The van der Waals surface area contributed by atoms with Gasteiger partial charge in [-0.25, -0.2) is 4.98 Å². The van der Waals surface area contributed by atoms with Crippen molar-refractivity contribution in [1.29, 1.82) is 0 Å². The predicted molar refractivity (Wildman–Crippen MR) is 111 cm³/mol. The highest BCUT2D eigenvalue weighted by atomic mass is 35.5. The van der Waals surface area contributed by atoms with E-state index in [1.165, 1.54) is 0 Å². The molecule has 0 radical (unpaired) electrons. The molecule has 0 aliphatic carbocycles. The summed E-state index contributed by atoms with van der Waals surface area (Å²) in [7, 11) is 4.68. The second-order valence-corrected chi connectivity index (χ2v) is 6.76. The number of carbonyl (C=O) groups is 1. The predicted octanol–water partition coefficient (Wildman–Crippen LogP) is 2.89. The zero-order valence-electron chi connectivity index (χ0n) is 16.9. The van der Waals surface area contributed by atoms with E-state index in [1.807, 2.05) is 0 Å². The number of aromatic amines is 2. The fourth-order valence-corrected chi connectivity index (χ4v) is 3.31. The first kappa shape index (κ1) is 20.5. The number of imidazole rings is 1. The van der Waals surface area contributed by atoms with E-state index in [-0.39, 0.29) is 16.9 Å². The van der Waals surface area contributed by atoms with Crippen LogP contribution in [0.2, 0.25) is 5.15 Å². The third-order valence-corrected chi connectivity index (χ3v) is 4.84. The number of carbonyl (C=O) groups excluding carboxylic acids is 1. The van der Waals surface area contributed by atoms with Crippen LogP contribution in [0.3, 0.4) is 0 Å². The molecule has 0 atom stereocenters. The second kappa shape index (κ2) is 8.52. The van der Waals surface area contributed by atoms with Crippen molar-refractivity contribution in [2.45, 2.75) is 6.42 Å². The van der Waals surface area contributed by atoms with Gasteiger partial charge in [-0.3, -0.25) is 15.1 Å². The standard InChI is InChI=1S/C20H18ClN5O5/c1-28-11-7-14(29-2)12(15(8-11)30-3)6-10-4-5-13(31-10)19(27)26-20-24-17(21)16-18(25-20)23-9-22-16/h4-5,7-9H,6H2,1-3H3,(H2,22,23,24,25,26,27)/p+1. The molecule has 11 heteroatoms. The Hall–Kier alpha value is -3.79. The summed E-state index contributed by atoms with van der Waals surface area (Å²) in [6.07, 6.45) is 1.91. The highest BCUT2D eigenvalue weighted by molar-refractivity contribution is 6.33. The molecule has 31 heavy (non-hydrogen) atoms. The zero-order chi connectivity index (χ0) is 22.0. The van der Waals surface area contributed by atoms with Crippen molar-refractivity contribution in [1.82, 2.24) is 15.0 Å². The van der Waals surface area contributed by atoms with Crippen molar-refractivity contribution in [3.63, 3.8) is 0 Å². The molecule has 0 saturated carbocycles. The van der Waals surface area contributed by atoms with Crippen LogP contribution in [0.5, 0.6) is 17.2 Å². The molecule has 0 spiro atoms. The SMILES string of the molecule is COc1cc(OC)c(Cc2ccc(C(=O)Nc3nc(Cl)c4[nH]c[nH+]c4n3)o2)c(OC)c1. The van der Waals surface area contributed by atoms with E-state index < -0.39 is 5.91 Å². The molecule has 0 aliphatic heterocycles. The minimum absolute atomic E-state index is 0.0507. The molecule has 4 aromatic rings. The minimum Gasteiger partial charge on any atom is -0.496 e. The summed E-state index contributed by atoms with van der Waals surface area (Å²) in [4.78, 5) is 26.6. The highest BCUT2D eigenvalue weighted by Gasteiger charge is 2.20. The number of anilines is 1. The van der Waals surface area contributed by atoms with Crippen LogP contribution >= 0.6 is 11.6 Å². The topological polar surface area (TPSA) is 126 Å². The van der Waals surface area contributed by atoms with Gasteiger partial charge in [0.15, 0.2) is 17.2 Å². The monoisotopic (exact) mass is 444 g/mol. The Morgan fingerprint density at radius 1 is 1.16 bits per heavy atom. The maximum absolute atomic E-state index is 12.6. The van der Waals surface area contributed by atoms with E-state index in [2.05, 4.69) is 25.3 Å². The Labute approximate surface area is 181 Å². The zero-order valence-corrected chi connectivity index (χ0v) is 17.7. The number of benzene rings is 1. The van der Waals surface area contributed by atoms with Gasteiger partial charge in [0.2, 0.25) is 5.52 Å². The van der Waals surface area contributed by atoms with Crippen LogP contribution in [0.4, 0.5) is 5.95 Å². The third kappa shape index (κ3) is 4.10. The normalized spacial score (nSPS) is 10.8. The summed E-state index contributed by atoms with van der Waals surface area (Å²) in [6, 6.07) is 6.78. The lowest BCUT2D eigenvalue weighted by Gasteiger charge is -2.14. The second-order valence-electron chi connectivity index (χ2n) is 6.40. The van der Waals surface area contributed by atoms with E-state index in [0.717, 1.165) is 5.56 Å². The average Bonchev–Trinajstić information content (AvgIpc) is 3.43. The van der Waals surface area contributed by atoms with Gasteiger partial charge in [0, 0.05) is 24.1 Å². The lowest BCUT2D eigenvalue weighted by molar-refractivity contribution is -0.347.